The molecule has 2 atom stereocenters. The minimum atomic E-state index is -3.26. The van der Waals surface area contributed by atoms with E-state index in [2.05, 4.69) is 0 Å². The molecule has 2 fully saturated rings. The van der Waals surface area contributed by atoms with E-state index in [9.17, 15) is 13.2 Å². The maximum absolute atomic E-state index is 13.2. The zero-order chi connectivity index (χ0) is 22.9. The van der Waals surface area contributed by atoms with E-state index in [0.29, 0.717) is 36.1 Å². The molecule has 0 N–H and O–H groups in total. The number of hydrogen-bond donors (Lipinski definition) is 0. The largest absolute Gasteiger partial charge is 0.494 e. The molecule has 0 aliphatic carbocycles. The number of hydrogen-bond acceptors (Lipinski definition) is 7. The number of rotatable bonds is 7. The minimum Gasteiger partial charge on any atom is -0.494 e. The van der Waals surface area contributed by atoms with E-state index >= 15 is 0 Å². The predicted molar refractivity (Wildman–Crippen MR) is 121 cm³/mol. The average Bonchev–Trinajstić information content (AvgIpc) is 3.10. The SMILES string of the molecule is CCOc1ccc(N2C(=O)CN(Cc3ccc(OC)c(OC)c3)C3CS(=O)(=O)CC32)cc1. The first kappa shape index (κ1) is 22.4. The second kappa shape index (κ2) is 8.99. The van der Waals surface area contributed by atoms with E-state index in [-0.39, 0.29) is 30.0 Å². The maximum atomic E-state index is 13.2. The summed E-state index contributed by atoms with van der Waals surface area (Å²) in [7, 11) is -0.120. The quantitative estimate of drug-likeness (QED) is 0.626. The maximum Gasteiger partial charge on any atom is 0.241 e. The van der Waals surface area contributed by atoms with Gasteiger partial charge in [-0.25, -0.2) is 8.42 Å². The van der Waals surface area contributed by atoms with Gasteiger partial charge in [-0.3, -0.25) is 9.69 Å². The van der Waals surface area contributed by atoms with E-state index in [4.69, 9.17) is 14.2 Å². The highest BCUT2D eigenvalue weighted by molar-refractivity contribution is 7.91. The molecule has 2 aromatic carbocycles. The van der Waals surface area contributed by atoms with Crippen LogP contribution in [0.1, 0.15) is 12.5 Å². The Hall–Kier alpha value is -2.78. The van der Waals surface area contributed by atoms with E-state index in [1.807, 2.05) is 42.2 Å². The number of benzene rings is 2. The first-order valence-electron chi connectivity index (χ1n) is 10.6. The van der Waals surface area contributed by atoms with Crippen molar-refractivity contribution in [2.75, 3.05) is 43.8 Å². The summed E-state index contributed by atoms with van der Waals surface area (Å²) in [5.41, 5.74) is 1.62. The zero-order valence-electron chi connectivity index (χ0n) is 18.5. The van der Waals surface area contributed by atoms with Gasteiger partial charge in [0, 0.05) is 18.3 Å². The van der Waals surface area contributed by atoms with Crippen LogP contribution in [0.3, 0.4) is 0 Å². The number of carbonyl (C=O) groups excluding carboxylic acids is 1. The average molecular weight is 461 g/mol. The molecular formula is C23H28N2O6S. The Balaban J connectivity index is 1.61. The molecule has 2 aromatic rings. The number of amides is 1. The molecule has 9 heteroatoms. The van der Waals surface area contributed by atoms with Crippen molar-refractivity contribution in [1.82, 2.24) is 4.90 Å². The van der Waals surface area contributed by atoms with Gasteiger partial charge >= 0.3 is 0 Å². The molecule has 1 amide bonds. The molecule has 0 radical (unpaired) electrons. The molecular weight excluding hydrogens is 432 g/mol. The van der Waals surface area contributed by atoms with Gasteiger partial charge in [0.25, 0.3) is 0 Å². The van der Waals surface area contributed by atoms with Crippen molar-refractivity contribution >= 4 is 21.4 Å². The fourth-order valence-corrected chi connectivity index (χ4v) is 6.53. The van der Waals surface area contributed by atoms with Crippen LogP contribution in [0.2, 0.25) is 0 Å². The highest BCUT2D eigenvalue weighted by Crippen LogP contribution is 2.34. The molecule has 32 heavy (non-hydrogen) atoms. The number of methoxy groups -OCH3 is 2. The first-order chi connectivity index (χ1) is 15.3. The van der Waals surface area contributed by atoms with Crippen molar-refractivity contribution in [2.24, 2.45) is 0 Å². The van der Waals surface area contributed by atoms with Gasteiger partial charge in [-0.05, 0) is 48.9 Å². The second-order valence-corrected chi connectivity index (χ2v) is 10.2. The van der Waals surface area contributed by atoms with Crippen LogP contribution < -0.4 is 19.1 Å². The number of piperazine rings is 1. The molecule has 0 aromatic heterocycles. The topological polar surface area (TPSA) is 85.4 Å². The number of ether oxygens (including phenoxy) is 3. The van der Waals surface area contributed by atoms with Crippen LogP contribution in [0.25, 0.3) is 0 Å². The second-order valence-electron chi connectivity index (χ2n) is 8.00. The normalized spacial score (nSPS) is 22.5. The molecule has 2 saturated heterocycles. The molecule has 4 rings (SSSR count). The van der Waals surface area contributed by atoms with Crippen LogP contribution in [0.4, 0.5) is 5.69 Å². The standard InChI is InChI=1S/C23H28N2O6S/c1-4-31-18-8-6-17(7-9-18)25-20-15-32(27,28)14-19(20)24(13-23(25)26)12-16-5-10-21(29-2)22(11-16)30-3/h5-11,19-20H,4,12-15H2,1-3H3. The van der Waals surface area contributed by atoms with Crippen molar-refractivity contribution in [3.05, 3.63) is 48.0 Å². The summed E-state index contributed by atoms with van der Waals surface area (Å²) >= 11 is 0. The molecule has 0 bridgehead atoms. The Bertz CT molecular complexity index is 1090. The monoisotopic (exact) mass is 460 g/mol. The van der Waals surface area contributed by atoms with Crippen molar-refractivity contribution in [3.8, 4) is 17.2 Å². The van der Waals surface area contributed by atoms with E-state index in [0.717, 1.165) is 5.56 Å². The Morgan fingerprint density at radius 3 is 2.31 bits per heavy atom. The van der Waals surface area contributed by atoms with Crippen molar-refractivity contribution in [1.29, 1.82) is 0 Å². The minimum absolute atomic E-state index is 0.0335. The third kappa shape index (κ3) is 4.40. The summed E-state index contributed by atoms with van der Waals surface area (Å²) in [6, 6.07) is 12.1. The lowest BCUT2D eigenvalue weighted by atomic mass is 10.0. The van der Waals surface area contributed by atoms with Crippen molar-refractivity contribution < 1.29 is 27.4 Å². The van der Waals surface area contributed by atoms with Gasteiger partial charge in [0.15, 0.2) is 21.3 Å². The summed E-state index contributed by atoms with van der Waals surface area (Å²) in [5.74, 6) is 1.80. The number of anilines is 1. The summed E-state index contributed by atoms with van der Waals surface area (Å²) in [4.78, 5) is 16.8. The van der Waals surface area contributed by atoms with E-state index < -0.39 is 15.9 Å². The van der Waals surface area contributed by atoms with Gasteiger partial charge in [0.1, 0.15) is 5.75 Å². The fraction of sp³-hybridized carbons (Fsp3) is 0.435. The molecule has 8 nitrogen and oxygen atoms in total. The van der Waals surface area contributed by atoms with Gasteiger partial charge in [0.2, 0.25) is 5.91 Å². The van der Waals surface area contributed by atoms with Gasteiger partial charge in [-0.1, -0.05) is 6.07 Å². The highest BCUT2D eigenvalue weighted by Gasteiger charge is 2.49. The summed E-state index contributed by atoms with van der Waals surface area (Å²) in [6.45, 7) is 3.04. The van der Waals surface area contributed by atoms with Crippen LogP contribution in [-0.4, -0.2) is 70.2 Å². The summed E-state index contributed by atoms with van der Waals surface area (Å²) < 4.78 is 41.3. The first-order valence-corrected chi connectivity index (χ1v) is 12.4. The van der Waals surface area contributed by atoms with Crippen LogP contribution in [0.5, 0.6) is 17.2 Å². The number of sulfone groups is 1. The Morgan fingerprint density at radius 1 is 0.969 bits per heavy atom. The van der Waals surface area contributed by atoms with Gasteiger partial charge < -0.3 is 19.1 Å². The fourth-order valence-electron chi connectivity index (χ4n) is 4.55. The predicted octanol–water partition coefficient (Wildman–Crippen LogP) is 2.12. The van der Waals surface area contributed by atoms with Crippen LogP contribution in [0, 0.1) is 0 Å². The summed E-state index contributed by atoms with van der Waals surface area (Å²) in [5, 5.41) is 0. The third-order valence-corrected chi connectivity index (χ3v) is 7.66. The lowest BCUT2D eigenvalue weighted by Gasteiger charge is -2.43. The molecule has 2 aliphatic heterocycles. The zero-order valence-corrected chi connectivity index (χ0v) is 19.3. The van der Waals surface area contributed by atoms with Crippen LogP contribution in [-0.2, 0) is 21.2 Å². The Labute approximate surface area is 188 Å². The number of fused-ring (bicyclic) bond motifs is 1. The highest BCUT2D eigenvalue weighted by atomic mass is 32.2. The number of nitrogens with zero attached hydrogens (tertiary/aromatic N) is 2. The van der Waals surface area contributed by atoms with Gasteiger partial charge in [-0.2, -0.15) is 0 Å². The lowest BCUT2D eigenvalue weighted by Crippen LogP contribution is -2.61. The van der Waals surface area contributed by atoms with Crippen LogP contribution in [0.15, 0.2) is 42.5 Å². The smallest absolute Gasteiger partial charge is 0.241 e. The number of carbonyl (C=O) groups is 1. The molecule has 172 valence electrons. The van der Waals surface area contributed by atoms with Crippen LogP contribution >= 0.6 is 0 Å². The van der Waals surface area contributed by atoms with Gasteiger partial charge in [-0.15, -0.1) is 0 Å². The molecule has 0 saturated carbocycles. The third-order valence-electron chi connectivity index (χ3n) is 5.96. The molecule has 2 unspecified atom stereocenters. The summed E-state index contributed by atoms with van der Waals surface area (Å²) in [6.07, 6.45) is 0. The van der Waals surface area contributed by atoms with E-state index in [1.54, 1.807) is 31.3 Å². The van der Waals surface area contributed by atoms with Crippen molar-refractivity contribution in [3.63, 3.8) is 0 Å². The van der Waals surface area contributed by atoms with E-state index in [1.165, 1.54) is 0 Å². The Kier molecular flexibility index (Phi) is 6.30. The van der Waals surface area contributed by atoms with Crippen molar-refractivity contribution in [2.45, 2.75) is 25.6 Å². The molecule has 2 aliphatic rings. The molecule has 2 heterocycles. The lowest BCUT2D eigenvalue weighted by molar-refractivity contribution is -0.123. The molecule has 0 spiro atoms. The Morgan fingerprint density at radius 2 is 1.66 bits per heavy atom. The van der Waals surface area contributed by atoms with Gasteiger partial charge in [0.05, 0.1) is 44.9 Å².